The summed E-state index contributed by atoms with van der Waals surface area (Å²) in [6.07, 6.45) is 6.65. The molecule has 330 valence electrons. The highest BCUT2D eigenvalue weighted by molar-refractivity contribution is 6.45. The maximum atomic E-state index is 11.8. The summed E-state index contributed by atoms with van der Waals surface area (Å²) in [6.45, 7) is 12.7. The Hall–Kier alpha value is -3.90. The fourth-order valence-corrected chi connectivity index (χ4v) is 10.2. The van der Waals surface area contributed by atoms with Crippen molar-refractivity contribution in [2.75, 3.05) is 99.1 Å². The van der Waals surface area contributed by atoms with Crippen molar-refractivity contribution in [2.24, 2.45) is 0 Å². The molecule has 10 nitrogen and oxygen atoms in total. The molecular formula is C48H56Cl4N6O4. The number of nitrogens with one attached hydrogen (secondary N) is 2. The number of carbonyl (C=O) groups is 2. The molecule has 4 aliphatic heterocycles. The Bertz CT molecular complexity index is 2090. The van der Waals surface area contributed by atoms with Gasteiger partial charge in [0.2, 0.25) is 11.8 Å². The van der Waals surface area contributed by atoms with Crippen LogP contribution in [0.4, 0.5) is 22.7 Å². The van der Waals surface area contributed by atoms with Gasteiger partial charge in [0.15, 0.2) is 0 Å². The second kappa shape index (κ2) is 20.7. The van der Waals surface area contributed by atoms with Gasteiger partial charge in [-0.05, 0) is 98.1 Å². The lowest BCUT2D eigenvalue weighted by Crippen LogP contribution is -2.46. The Kier molecular flexibility index (Phi) is 14.9. The number of ether oxygens (including phenoxy) is 2. The molecule has 0 saturated carbocycles. The van der Waals surface area contributed by atoms with E-state index in [4.69, 9.17) is 55.9 Å². The summed E-state index contributed by atoms with van der Waals surface area (Å²) in [7, 11) is 0. The number of rotatable bonds is 16. The average Bonchev–Trinajstić information content (AvgIpc) is 3.28. The minimum Gasteiger partial charge on any atom is -0.494 e. The van der Waals surface area contributed by atoms with Crippen molar-refractivity contribution >= 4 is 81.0 Å². The topological polar surface area (TPSA) is 89.6 Å². The van der Waals surface area contributed by atoms with E-state index in [9.17, 15) is 9.59 Å². The van der Waals surface area contributed by atoms with E-state index in [0.29, 0.717) is 46.1 Å². The standard InChI is InChI=1S/C48H56Cl4N6O4/c1-32(37-12-14-41(47(51)45(37)49)57-24-20-55(21-25-57)18-2-4-28-61-35-10-6-33-8-16-43(59)53-39(33)30-35)38-13-15-42(48(52)46(38)50)58-26-22-56(23-27-58)19-3-5-29-62-36-11-7-34-9-17-44(60)54-40(34)31-36/h6-7,10-15,30-32H,2-5,8-9,16-29H2,1H3,(H,53,59)(H,54,60). The number of hydrogen-bond donors (Lipinski definition) is 2. The van der Waals surface area contributed by atoms with Crippen LogP contribution in [0.3, 0.4) is 0 Å². The van der Waals surface area contributed by atoms with Gasteiger partial charge in [-0.15, -0.1) is 0 Å². The third kappa shape index (κ3) is 10.7. The minimum absolute atomic E-state index is 0.0649. The molecule has 0 atom stereocenters. The van der Waals surface area contributed by atoms with Crippen LogP contribution in [0.2, 0.25) is 20.1 Å². The van der Waals surface area contributed by atoms with Crippen molar-refractivity contribution in [1.29, 1.82) is 0 Å². The van der Waals surface area contributed by atoms with Gasteiger partial charge in [0, 0.05) is 94.6 Å². The van der Waals surface area contributed by atoms with Crippen LogP contribution in [0.1, 0.15) is 73.6 Å². The van der Waals surface area contributed by atoms with Crippen molar-refractivity contribution in [3.05, 3.63) is 103 Å². The van der Waals surface area contributed by atoms with E-state index in [1.165, 1.54) is 0 Å². The maximum Gasteiger partial charge on any atom is 0.224 e. The SMILES string of the molecule is CC(c1ccc(N2CCN(CCCCOc3ccc4c(c3)NC(=O)CC4)CC2)c(Cl)c1Cl)c1ccc(N2CCN(CCCCOc3ccc4c(c3)NC(=O)CC4)CC2)c(Cl)c1Cl. The molecule has 0 unspecified atom stereocenters. The summed E-state index contributed by atoms with van der Waals surface area (Å²) in [4.78, 5) is 33.1. The zero-order valence-electron chi connectivity index (χ0n) is 35.4. The first-order chi connectivity index (χ1) is 30.1. The first kappa shape index (κ1) is 44.7. The fourth-order valence-electron chi connectivity index (χ4n) is 8.99. The van der Waals surface area contributed by atoms with Gasteiger partial charge in [0.1, 0.15) is 11.5 Å². The number of carbonyl (C=O) groups excluding carboxylic acids is 2. The van der Waals surface area contributed by atoms with Gasteiger partial charge < -0.3 is 29.9 Å². The largest absolute Gasteiger partial charge is 0.494 e. The molecule has 2 fully saturated rings. The van der Waals surface area contributed by atoms with E-state index in [-0.39, 0.29) is 17.7 Å². The predicted octanol–water partition coefficient (Wildman–Crippen LogP) is 10.2. The fraction of sp³-hybridized carbons (Fsp3) is 0.458. The number of hydrogen-bond acceptors (Lipinski definition) is 8. The van der Waals surface area contributed by atoms with Gasteiger partial charge in [0.25, 0.3) is 0 Å². The van der Waals surface area contributed by atoms with Crippen molar-refractivity contribution in [3.63, 3.8) is 0 Å². The summed E-state index contributed by atoms with van der Waals surface area (Å²) in [5, 5.41) is 8.13. The molecule has 0 bridgehead atoms. The first-order valence-corrected chi connectivity index (χ1v) is 23.6. The zero-order valence-corrected chi connectivity index (χ0v) is 38.5. The van der Waals surface area contributed by atoms with Crippen LogP contribution in [0.5, 0.6) is 11.5 Å². The van der Waals surface area contributed by atoms with Gasteiger partial charge in [-0.2, -0.15) is 0 Å². The molecule has 4 heterocycles. The number of piperazine rings is 2. The van der Waals surface area contributed by atoms with Crippen LogP contribution in [0, 0.1) is 0 Å². The van der Waals surface area contributed by atoms with Gasteiger partial charge in [-0.25, -0.2) is 0 Å². The summed E-state index contributed by atoms with van der Waals surface area (Å²) in [6, 6.07) is 20.3. The van der Waals surface area contributed by atoms with E-state index in [0.717, 1.165) is 160 Å². The Morgan fingerprint density at radius 3 is 1.37 bits per heavy atom. The second-order valence-corrected chi connectivity index (χ2v) is 18.3. The van der Waals surface area contributed by atoms with Crippen molar-refractivity contribution in [1.82, 2.24) is 9.80 Å². The molecule has 2 saturated heterocycles. The summed E-state index contributed by atoms with van der Waals surface area (Å²) in [5.74, 6) is 1.62. The number of fused-ring (bicyclic) bond motifs is 2. The molecule has 0 radical (unpaired) electrons. The second-order valence-electron chi connectivity index (χ2n) is 16.8. The highest BCUT2D eigenvalue weighted by Gasteiger charge is 2.26. The van der Waals surface area contributed by atoms with Crippen molar-refractivity contribution in [2.45, 2.75) is 64.2 Å². The van der Waals surface area contributed by atoms with Crippen molar-refractivity contribution < 1.29 is 19.1 Å². The van der Waals surface area contributed by atoms with Crippen LogP contribution in [0.15, 0.2) is 60.7 Å². The number of unbranched alkanes of at least 4 members (excludes halogenated alkanes) is 2. The summed E-state index contributed by atoms with van der Waals surface area (Å²) < 4.78 is 12.0. The molecule has 0 aliphatic carbocycles. The van der Waals surface area contributed by atoms with Crippen LogP contribution in [0.25, 0.3) is 0 Å². The number of aryl methyl sites for hydroxylation is 2. The van der Waals surface area contributed by atoms with E-state index >= 15 is 0 Å². The quantitative estimate of drug-likeness (QED) is 0.108. The van der Waals surface area contributed by atoms with E-state index in [2.05, 4.69) is 73.6 Å². The lowest BCUT2D eigenvalue weighted by molar-refractivity contribution is -0.117. The highest BCUT2D eigenvalue weighted by atomic mass is 35.5. The third-order valence-electron chi connectivity index (χ3n) is 12.8. The van der Waals surface area contributed by atoms with Gasteiger partial charge >= 0.3 is 0 Å². The predicted molar refractivity (Wildman–Crippen MR) is 254 cm³/mol. The molecule has 2 N–H and O–H groups in total. The molecule has 8 rings (SSSR count). The lowest BCUT2D eigenvalue weighted by Gasteiger charge is -2.37. The Balaban J connectivity index is 0.760. The molecule has 14 heteroatoms. The van der Waals surface area contributed by atoms with Crippen LogP contribution in [-0.4, -0.2) is 100 Å². The molecular weight excluding hydrogens is 866 g/mol. The van der Waals surface area contributed by atoms with Crippen LogP contribution >= 0.6 is 46.4 Å². The number of anilines is 4. The molecule has 0 spiro atoms. The number of nitrogens with zero attached hydrogens (tertiary/aromatic N) is 4. The van der Waals surface area contributed by atoms with Gasteiger partial charge in [0.05, 0.1) is 44.7 Å². The number of halogens is 4. The monoisotopic (exact) mass is 920 g/mol. The zero-order chi connectivity index (χ0) is 43.2. The van der Waals surface area contributed by atoms with Gasteiger partial charge in [-0.1, -0.05) is 77.6 Å². The average molecular weight is 923 g/mol. The Morgan fingerprint density at radius 2 is 0.952 bits per heavy atom. The van der Waals surface area contributed by atoms with Crippen LogP contribution < -0.4 is 29.9 Å². The summed E-state index contributed by atoms with van der Waals surface area (Å²) in [5.41, 5.74) is 7.82. The smallest absolute Gasteiger partial charge is 0.224 e. The normalized spacial score (nSPS) is 17.1. The van der Waals surface area contributed by atoms with E-state index in [1.54, 1.807) is 0 Å². The Morgan fingerprint density at radius 1 is 0.532 bits per heavy atom. The molecule has 4 aromatic carbocycles. The molecule has 4 aliphatic rings. The van der Waals surface area contributed by atoms with Crippen LogP contribution in [-0.2, 0) is 22.4 Å². The van der Waals surface area contributed by atoms with E-state index in [1.807, 2.05) is 24.3 Å². The lowest BCUT2D eigenvalue weighted by atomic mass is 9.92. The highest BCUT2D eigenvalue weighted by Crippen LogP contribution is 2.45. The molecule has 2 amide bonds. The number of benzene rings is 4. The van der Waals surface area contributed by atoms with Crippen molar-refractivity contribution in [3.8, 4) is 11.5 Å². The molecule has 0 aromatic heterocycles. The first-order valence-electron chi connectivity index (χ1n) is 22.1. The Labute approximate surface area is 385 Å². The third-order valence-corrected chi connectivity index (χ3v) is 14.5. The van der Waals surface area contributed by atoms with Gasteiger partial charge in [-0.3, -0.25) is 19.4 Å². The minimum atomic E-state index is -0.115. The van der Waals surface area contributed by atoms with E-state index < -0.39 is 0 Å². The molecule has 62 heavy (non-hydrogen) atoms. The molecule has 4 aromatic rings. The maximum absolute atomic E-state index is 11.8. The summed E-state index contributed by atoms with van der Waals surface area (Å²) >= 11 is 28.1. The number of amides is 2.